The van der Waals surface area contributed by atoms with Crippen LogP contribution in [0.15, 0.2) is 14.3 Å². The maximum atomic E-state index is 3.77. The zero-order chi connectivity index (χ0) is 13.1. The van der Waals surface area contributed by atoms with Gasteiger partial charge in [-0.05, 0) is 69.1 Å². The molecular weight excluding hydrogens is 374 g/mol. The van der Waals surface area contributed by atoms with Gasteiger partial charge in [-0.25, -0.2) is 0 Å². The van der Waals surface area contributed by atoms with Crippen molar-refractivity contribution >= 4 is 43.2 Å². The number of hydrogen-bond donors (Lipinski definition) is 1. The summed E-state index contributed by atoms with van der Waals surface area (Å²) in [6.45, 7) is 5.76. The van der Waals surface area contributed by atoms with Crippen molar-refractivity contribution in [3.8, 4) is 0 Å². The minimum absolute atomic E-state index is 0.537. The van der Waals surface area contributed by atoms with Gasteiger partial charge in [0.1, 0.15) is 0 Å². The van der Waals surface area contributed by atoms with E-state index in [4.69, 9.17) is 0 Å². The summed E-state index contributed by atoms with van der Waals surface area (Å²) in [5.74, 6) is 1.65. The number of nitrogens with one attached hydrogen (secondary N) is 1. The lowest BCUT2D eigenvalue weighted by atomic mass is 9.89. The van der Waals surface area contributed by atoms with E-state index >= 15 is 0 Å². The Labute approximate surface area is 131 Å². The second-order valence-electron chi connectivity index (χ2n) is 5.27. The van der Waals surface area contributed by atoms with Crippen LogP contribution in [-0.2, 0) is 0 Å². The maximum Gasteiger partial charge on any atom is 0.0843 e. The van der Waals surface area contributed by atoms with Gasteiger partial charge in [-0.3, -0.25) is 0 Å². The normalized spacial score (nSPS) is 25.6. The molecule has 0 saturated heterocycles. The van der Waals surface area contributed by atoms with Crippen molar-refractivity contribution in [2.24, 2.45) is 11.8 Å². The van der Waals surface area contributed by atoms with Gasteiger partial charge >= 0.3 is 0 Å². The Morgan fingerprint density at radius 3 is 2.72 bits per heavy atom. The second kappa shape index (κ2) is 6.87. The molecule has 1 saturated carbocycles. The van der Waals surface area contributed by atoms with Crippen LogP contribution in [0.4, 0.5) is 0 Å². The molecule has 0 bridgehead atoms. The fourth-order valence-electron chi connectivity index (χ4n) is 2.95. The Kier molecular flexibility index (Phi) is 5.73. The second-order valence-corrected chi connectivity index (χ2v) is 8.53. The summed E-state index contributed by atoms with van der Waals surface area (Å²) in [4.78, 5) is 1.47. The minimum atomic E-state index is 0.537. The third-order valence-corrected chi connectivity index (χ3v) is 7.28. The smallest absolute Gasteiger partial charge is 0.0843 e. The Hall–Kier alpha value is 0.620. The molecule has 0 amide bonds. The van der Waals surface area contributed by atoms with Gasteiger partial charge in [0.2, 0.25) is 0 Å². The summed E-state index contributed by atoms with van der Waals surface area (Å²) in [6.07, 6.45) is 5.35. The van der Waals surface area contributed by atoms with Crippen LogP contribution < -0.4 is 5.32 Å². The van der Waals surface area contributed by atoms with E-state index < -0.39 is 0 Å². The van der Waals surface area contributed by atoms with Crippen LogP contribution in [0.5, 0.6) is 0 Å². The molecule has 0 spiro atoms. The van der Waals surface area contributed by atoms with Gasteiger partial charge in [0.25, 0.3) is 0 Å². The fraction of sp³-hybridized carbons (Fsp3) is 0.714. The molecule has 18 heavy (non-hydrogen) atoms. The Morgan fingerprint density at radius 1 is 1.44 bits per heavy atom. The van der Waals surface area contributed by atoms with Gasteiger partial charge < -0.3 is 5.32 Å². The molecule has 1 heterocycles. The van der Waals surface area contributed by atoms with E-state index in [9.17, 15) is 0 Å². The first-order chi connectivity index (χ1) is 8.63. The molecule has 1 aromatic heterocycles. The van der Waals surface area contributed by atoms with Crippen LogP contribution in [0, 0.1) is 11.8 Å². The fourth-order valence-corrected chi connectivity index (χ4v) is 5.19. The van der Waals surface area contributed by atoms with E-state index in [-0.39, 0.29) is 0 Å². The van der Waals surface area contributed by atoms with E-state index in [1.807, 2.05) is 11.3 Å². The van der Waals surface area contributed by atoms with E-state index in [1.54, 1.807) is 0 Å². The summed E-state index contributed by atoms with van der Waals surface area (Å²) in [7, 11) is 0. The van der Waals surface area contributed by atoms with Gasteiger partial charge in [-0.1, -0.05) is 26.7 Å². The van der Waals surface area contributed by atoms with Crippen LogP contribution in [-0.4, -0.2) is 6.54 Å². The molecule has 3 atom stereocenters. The lowest BCUT2D eigenvalue weighted by Crippen LogP contribution is -2.29. The van der Waals surface area contributed by atoms with Crippen molar-refractivity contribution in [2.45, 2.75) is 45.6 Å². The number of halogens is 2. The maximum absolute atomic E-state index is 3.77. The molecule has 1 aliphatic carbocycles. The van der Waals surface area contributed by atoms with Gasteiger partial charge in [-0.2, -0.15) is 0 Å². The highest BCUT2D eigenvalue weighted by Crippen LogP contribution is 2.44. The lowest BCUT2D eigenvalue weighted by Gasteiger charge is -2.27. The van der Waals surface area contributed by atoms with Gasteiger partial charge in [0.15, 0.2) is 0 Å². The molecule has 1 fully saturated rings. The van der Waals surface area contributed by atoms with Crippen molar-refractivity contribution in [2.75, 3.05) is 6.54 Å². The minimum Gasteiger partial charge on any atom is -0.309 e. The van der Waals surface area contributed by atoms with Crippen molar-refractivity contribution in [3.63, 3.8) is 0 Å². The number of hydrogen-bond acceptors (Lipinski definition) is 2. The third-order valence-electron chi connectivity index (χ3n) is 3.94. The first-order valence-electron chi connectivity index (χ1n) is 6.81. The van der Waals surface area contributed by atoms with E-state index in [0.717, 1.165) is 18.4 Å². The Morgan fingerprint density at radius 2 is 2.22 bits per heavy atom. The molecule has 102 valence electrons. The van der Waals surface area contributed by atoms with Gasteiger partial charge in [0.05, 0.1) is 3.79 Å². The van der Waals surface area contributed by atoms with Crippen molar-refractivity contribution in [3.05, 3.63) is 19.2 Å². The molecule has 1 aliphatic rings. The van der Waals surface area contributed by atoms with Crippen LogP contribution >= 0.6 is 43.2 Å². The average molecular weight is 395 g/mol. The topological polar surface area (TPSA) is 12.0 Å². The molecule has 0 radical (unpaired) electrons. The Bertz CT molecular complexity index is 372. The molecule has 4 heteroatoms. The average Bonchev–Trinajstić information content (AvgIpc) is 2.88. The summed E-state index contributed by atoms with van der Waals surface area (Å²) < 4.78 is 2.41. The molecule has 0 aliphatic heterocycles. The van der Waals surface area contributed by atoms with Crippen molar-refractivity contribution in [1.82, 2.24) is 5.32 Å². The first kappa shape index (κ1) is 15.0. The summed E-state index contributed by atoms with van der Waals surface area (Å²) in [5.41, 5.74) is 0. The Balaban J connectivity index is 2.18. The summed E-state index contributed by atoms with van der Waals surface area (Å²) in [6, 6.07) is 2.82. The zero-order valence-electron chi connectivity index (χ0n) is 11.0. The summed E-state index contributed by atoms with van der Waals surface area (Å²) >= 11 is 9.10. The number of thiophene rings is 1. The van der Waals surface area contributed by atoms with E-state index in [1.165, 1.54) is 38.8 Å². The highest BCUT2D eigenvalue weighted by atomic mass is 79.9. The molecule has 1 nitrogen and oxygen atoms in total. The SMILES string of the molecule is CCCNC(c1cc(Br)c(Br)s1)C1CCCC1C. The van der Waals surface area contributed by atoms with Crippen LogP contribution in [0.1, 0.15) is 50.4 Å². The molecule has 1 aromatic rings. The van der Waals surface area contributed by atoms with Gasteiger partial charge in [-0.15, -0.1) is 11.3 Å². The summed E-state index contributed by atoms with van der Waals surface area (Å²) in [5, 5.41) is 3.77. The molecule has 2 rings (SSSR count). The molecule has 3 unspecified atom stereocenters. The van der Waals surface area contributed by atoms with E-state index in [2.05, 4.69) is 57.1 Å². The largest absolute Gasteiger partial charge is 0.309 e. The highest BCUT2D eigenvalue weighted by molar-refractivity contribution is 9.13. The molecule has 0 aromatic carbocycles. The first-order valence-corrected chi connectivity index (χ1v) is 9.21. The molecule has 1 N–H and O–H groups in total. The third kappa shape index (κ3) is 3.38. The van der Waals surface area contributed by atoms with Crippen molar-refractivity contribution < 1.29 is 0 Å². The highest BCUT2D eigenvalue weighted by Gasteiger charge is 2.32. The lowest BCUT2D eigenvalue weighted by molar-refractivity contribution is 0.305. The van der Waals surface area contributed by atoms with Crippen LogP contribution in [0.3, 0.4) is 0 Å². The van der Waals surface area contributed by atoms with Crippen LogP contribution in [0.25, 0.3) is 0 Å². The molecular formula is C14H21Br2NS. The van der Waals surface area contributed by atoms with E-state index in [0.29, 0.717) is 6.04 Å². The number of rotatable bonds is 5. The van der Waals surface area contributed by atoms with Crippen LogP contribution in [0.2, 0.25) is 0 Å². The predicted molar refractivity (Wildman–Crippen MR) is 87.3 cm³/mol. The zero-order valence-corrected chi connectivity index (χ0v) is 15.0. The standard InChI is InChI=1S/C14H21Br2NS/c1-3-7-17-13(10-6-4-5-9(10)2)12-8-11(15)14(16)18-12/h8-10,13,17H,3-7H2,1-2H3. The van der Waals surface area contributed by atoms with Crippen molar-refractivity contribution in [1.29, 1.82) is 0 Å². The quantitative estimate of drug-likeness (QED) is 0.670. The monoisotopic (exact) mass is 393 g/mol. The predicted octanol–water partition coefficient (Wildman–Crippen LogP) is 5.75. The van der Waals surface area contributed by atoms with Gasteiger partial charge in [0, 0.05) is 15.4 Å².